The molecule has 2 aromatic carbocycles. The number of aryl methyl sites for hydroxylation is 1. The lowest BCUT2D eigenvalue weighted by Gasteiger charge is -2.26. The molecule has 1 unspecified atom stereocenters. The van der Waals surface area contributed by atoms with Gasteiger partial charge in [-0.25, -0.2) is 0 Å². The largest absolute Gasteiger partial charge is 0.505 e. The lowest BCUT2D eigenvalue weighted by atomic mass is 10.0. The minimum absolute atomic E-state index is 0.168. The summed E-state index contributed by atoms with van der Waals surface area (Å²) in [4.78, 5) is 0. The second-order valence-electron chi connectivity index (χ2n) is 6.17. The highest BCUT2D eigenvalue weighted by Gasteiger charge is 2.20. The maximum Gasteiger partial charge on any atom is 0.199 e. The van der Waals surface area contributed by atoms with Crippen LogP contribution in [0.5, 0.6) is 11.5 Å². The Labute approximate surface area is 149 Å². The molecule has 0 radical (unpaired) electrons. The lowest BCUT2D eigenvalue weighted by molar-refractivity contribution is -0.105. The maximum atomic E-state index is 6.32. The summed E-state index contributed by atoms with van der Waals surface area (Å²) in [6.07, 6.45) is 8.47. The first-order valence-electron chi connectivity index (χ1n) is 8.88. The van der Waals surface area contributed by atoms with Gasteiger partial charge in [-0.2, -0.15) is 0 Å². The van der Waals surface area contributed by atoms with Gasteiger partial charge in [0.05, 0.1) is 27.1 Å². The number of hydrogen-bond donors (Lipinski definition) is 0. The molecule has 1 fully saturated rings. The van der Waals surface area contributed by atoms with Crippen molar-refractivity contribution in [3.8, 4) is 11.5 Å². The zero-order valence-corrected chi connectivity index (χ0v) is 15.0. The molecule has 0 N–H and O–H groups in total. The minimum atomic E-state index is -0.168. The number of ether oxygens (including phenoxy) is 4. The smallest absolute Gasteiger partial charge is 0.199 e. The Balaban J connectivity index is 1.97. The van der Waals surface area contributed by atoms with E-state index in [1.807, 2.05) is 18.2 Å². The van der Waals surface area contributed by atoms with Crippen LogP contribution in [-0.4, -0.2) is 27.1 Å². The highest BCUT2D eigenvalue weighted by atomic mass is 16.7. The van der Waals surface area contributed by atoms with E-state index >= 15 is 0 Å². The van der Waals surface area contributed by atoms with Gasteiger partial charge in [-0.05, 0) is 43.4 Å². The van der Waals surface area contributed by atoms with E-state index in [0.29, 0.717) is 0 Å². The molecule has 134 valence electrons. The zero-order chi connectivity index (χ0) is 17.5. The van der Waals surface area contributed by atoms with Gasteiger partial charge >= 0.3 is 0 Å². The van der Waals surface area contributed by atoms with E-state index in [9.17, 15) is 0 Å². The molecule has 4 heteroatoms. The van der Waals surface area contributed by atoms with Crippen LogP contribution in [0.1, 0.15) is 31.2 Å². The summed E-state index contributed by atoms with van der Waals surface area (Å²) >= 11 is 0. The van der Waals surface area contributed by atoms with E-state index in [-0.39, 0.29) is 6.29 Å². The van der Waals surface area contributed by atoms with E-state index in [2.05, 4.69) is 18.2 Å². The van der Waals surface area contributed by atoms with Crippen molar-refractivity contribution in [3.63, 3.8) is 0 Å². The fourth-order valence-corrected chi connectivity index (χ4v) is 3.20. The third kappa shape index (κ3) is 4.26. The average molecular weight is 342 g/mol. The number of allylic oxidation sites excluding steroid dienone is 1. The first-order valence-corrected chi connectivity index (χ1v) is 8.88. The Kier molecular flexibility index (Phi) is 6.18. The van der Waals surface area contributed by atoms with Crippen molar-refractivity contribution < 1.29 is 18.9 Å². The molecule has 1 atom stereocenters. The molecule has 0 spiro atoms. The summed E-state index contributed by atoms with van der Waals surface area (Å²) in [7, 11) is 3.37. The van der Waals surface area contributed by atoms with Gasteiger partial charge in [0.15, 0.2) is 6.29 Å². The van der Waals surface area contributed by atoms with E-state index in [1.165, 1.54) is 0 Å². The first kappa shape index (κ1) is 17.6. The van der Waals surface area contributed by atoms with Gasteiger partial charge in [0.1, 0.15) is 11.5 Å². The third-order valence-electron chi connectivity index (χ3n) is 4.45. The molecule has 1 aliphatic heterocycles. The average Bonchev–Trinajstić information content (AvgIpc) is 2.67. The van der Waals surface area contributed by atoms with Crippen molar-refractivity contribution in [2.24, 2.45) is 0 Å². The molecular weight excluding hydrogens is 316 g/mol. The molecule has 25 heavy (non-hydrogen) atoms. The molecule has 0 saturated carbocycles. The summed E-state index contributed by atoms with van der Waals surface area (Å²) in [5.74, 6) is 1.78. The van der Waals surface area contributed by atoms with Gasteiger partial charge in [-0.3, -0.25) is 0 Å². The molecule has 3 rings (SSSR count). The molecule has 4 nitrogen and oxygen atoms in total. The second kappa shape index (κ2) is 8.77. The highest BCUT2D eigenvalue weighted by Crippen LogP contribution is 2.38. The summed E-state index contributed by atoms with van der Waals surface area (Å²) in [5.41, 5.74) is 1.13. The molecule has 1 aliphatic rings. The van der Waals surface area contributed by atoms with E-state index in [4.69, 9.17) is 18.9 Å². The zero-order valence-electron chi connectivity index (χ0n) is 15.0. The maximum absolute atomic E-state index is 6.32. The Hall–Kier alpha value is -2.20. The van der Waals surface area contributed by atoms with Crippen molar-refractivity contribution in [2.75, 3.05) is 20.8 Å². The van der Waals surface area contributed by atoms with E-state index in [1.54, 1.807) is 20.5 Å². The van der Waals surface area contributed by atoms with Gasteiger partial charge in [-0.1, -0.05) is 24.3 Å². The summed E-state index contributed by atoms with van der Waals surface area (Å²) < 4.78 is 22.7. The van der Waals surface area contributed by atoms with Gasteiger partial charge in [-0.15, -0.1) is 0 Å². The lowest BCUT2D eigenvalue weighted by Crippen LogP contribution is -2.25. The number of rotatable bonds is 7. The highest BCUT2D eigenvalue weighted by molar-refractivity contribution is 5.94. The van der Waals surface area contributed by atoms with Crippen molar-refractivity contribution in [3.05, 3.63) is 48.2 Å². The number of benzene rings is 2. The number of methoxy groups -OCH3 is 2. The normalized spacial score (nSPS) is 17.8. The van der Waals surface area contributed by atoms with Gasteiger partial charge in [0, 0.05) is 17.2 Å². The molecular formula is C21H26O4. The van der Waals surface area contributed by atoms with Crippen LogP contribution in [-0.2, 0) is 15.9 Å². The van der Waals surface area contributed by atoms with Gasteiger partial charge in [0.2, 0.25) is 0 Å². The number of hydrogen-bond acceptors (Lipinski definition) is 4. The van der Waals surface area contributed by atoms with Crippen LogP contribution in [0.25, 0.3) is 10.8 Å². The third-order valence-corrected chi connectivity index (χ3v) is 4.45. The number of fused-ring (bicyclic) bond motifs is 1. The summed E-state index contributed by atoms with van der Waals surface area (Å²) in [6, 6.07) is 10.3. The van der Waals surface area contributed by atoms with Crippen molar-refractivity contribution in [2.45, 2.75) is 38.4 Å². The van der Waals surface area contributed by atoms with Crippen molar-refractivity contribution in [1.82, 2.24) is 0 Å². The minimum Gasteiger partial charge on any atom is -0.505 e. The predicted octanol–water partition coefficient (Wildman–Crippen LogP) is 4.85. The van der Waals surface area contributed by atoms with E-state index in [0.717, 1.165) is 66.5 Å². The molecule has 0 amide bonds. The Morgan fingerprint density at radius 2 is 2.00 bits per heavy atom. The van der Waals surface area contributed by atoms with Gasteiger partial charge in [0.25, 0.3) is 0 Å². The second-order valence-corrected chi connectivity index (χ2v) is 6.17. The molecule has 2 aromatic rings. The topological polar surface area (TPSA) is 36.9 Å². The van der Waals surface area contributed by atoms with Crippen LogP contribution < -0.4 is 9.47 Å². The quantitative estimate of drug-likeness (QED) is 0.674. The Morgan fingerprint density at radius 1 is 1.16 bits per heavy atom. The van der Waals surface area contributed by atoms with Crippen LogP contribution >= 0.6 is 0 Å². The van der Waals surface area contributed by atoms with Crippen LogP contribution in [0.2, 0.25) is 0 Å². The monoisotopic (exact) mass is 342 g/mol. The Bertz CT molecular complexity index is 717. The fraction of sp³-hybridized carbons (Fsp3) is 0.429. The van der Waals surface area contributed by atoms with Crippen molar-refractivity contribution in [1.29, 1.82) is 0 Å². The molecule has 1 saturated heterocycles. The predicted molar refractivity (Wildman–Crippen MR) is 99.2 cm³/mol. The summed E-state index contributed by atoms with van der Waals surface area (Å²) in [6.45, 7) is 0.769. The SMILES string of the molecule is COC=CCCc1cc(OC)c2ccccc2c1OC1CCCCO1. The molecule has 0 bridgehead atoms. The first-order chi connectivity index (χ1) is 12.3. The van der Waals surface area contributed by atoms with Crippen LogP contribution in [0.15, 0.2) is 42.7 Å². The van der Waals surface area contributed by atoms with Crippen molar-refractivity contribution >= 4 is 10.8 Å². The molecule has 1 heterocycles. The van der Waals surface area contributed by atoms with Crippen LogP contribution in [0.3, 0.4) is 0 Å². The molecule has 0 aromatic heterocycles. The van der Waals surface area contributed by atoms with Gasteiger partial charge < -0.3 is 18.9 Å². The molecule has 0 aliphatic carbocycles. The van der Waals surface area contributed by atoms with Crippen LogP contribution in [0.4, 0.5) is 0 Å². The fourth-order valence-electron chi connectivity index (χ4n) is 3.20. The Morgan fingerprint density at radius 3 is 2.72 bits per heavy atom. The standard InChI is InChI=1S/C21H26O4/c1-22-13-7-5-9-16-15-19(23-2)17-10-3-4-11-18(17)21(16)25-20-12-6-8-14-24-20/h3-4,7,10-11,13,15,20H,5-6,8-9,12,14H2,1-2H3. The summed E-state index contributed by atoms with van der Waals surface area (Å²) in [5, 5.41) is 2.13. The van der Waals surface area contributed by atoms with E-state index < -0.39 is 0 Å². The van der Waals surface area contributed by atoms with Crippen LogP contribution in [0, 0.1) is 0 Å².